The van der Waals surface area contributed by atoms with E-state index in [-0.39, 0.29) is 5.82 Å². The van der Waals surface area contributed by atoms with E-state index in [9.17, 15) is 4.39 Å². The van der Waals surface area contributed by atoms with Gasteiger partial charge in [0.15, 0.2) is 11.5 Å². The molecule has 0 saturated carbocycles. The maximum atomic E-state index is 12.9. The standard InChI is InChI=1S/C11H13FN2O/c1-2-13-6-5-11-14-9-4-3-8(12)7-10(9)15-11/h3-4,7,13H,2,5-6H2,1H3. The minimum Gasteiger partial charge on any atom is -0.441 e. The Labute approximate surface area is 87.3 Å². The predicted molar refractivity (Wildman–Crippen MR) is 56.2 cm³/mol. The van der Waals surface area contributed by atoms with Crippen LogP contribution in [0.5, 0.6) is 0 Å². The first-order chi connectivity index (χ1) is 7.29. The predicted octanol–water partition coefficient (Wildman–Crippen LogP) is 2.12. The van der Waals surface area contributed by atoms with Gasteiger partial charge >= 0.3 is 0 Å². The third-order valence-corrected chi connectivity index (χ3v) is 2.16. The SMILES string of the molecule is CCNCCc1nc2ccc(F)cc2o1. The van der Waals surface area contributed by atoms with Crippen LogP contribution in [-0.2, 0) is 6.42 Å². The lowest BCUT2D eigenvalue weighted by molar-refractivity contribution is 0.515. The number of nitrogens with one attached hydrogen (secondary N) is 1. The van der Waals surface area contributed by atoms with E-state index in [1.165, 1.54) is 12.1 Å². The first kappa shape index (κ1) is 10.1. The van der Waals surface area contributed by atoms with Crippen molar-refractivity contribution in [2.24, 2.45) is 0 Å². The van der Waals surface area contributed by atoms with E-state index < -0.39 is 0 Å². The van der Waals surface area contributed by atoms with E-state index in [4.69, 9.17) is 4.42 Å². The van der Waals surface area contributed by atoms with Crippen LogP contribution in [-0.4, -0.2) is 18.1 Å². The fourth-order valence-corrected chi connectivity index (χ4v) is 1.43. The summed E-state index contributed by atoms with van der Waals surface area (Å²) in [6.45, 7) is 3.79. The van der Waals surface area contributed by atoms with Gasteiger partial charge in [0.25, 0.3) is 0 Å². The molecule has 0 unspecified atom stereocenters. The van der Waals surface area contributed by atoms with E-state index in [0.29, 0.717) is 17.0 Å². The number of benzene rings is 1. The molecule has 4 heteroatoms. The third-order valence-electron chi connectivity index (χ3n) is 2.16. The van der Waals surface area contributed by atoms with Crippen LogP contribution >= 0.6 is 0 Å². The van der Waals surface area contributed by atoms with Gasteiger partial charge in [0.1, 0.15) is 11.3 Å². The largest absolute Gasteiger partial charge is 0.441 e. The average molecular weight is 208 g/mol. The van der Waals surface area contributed by atoms with Gasteiger partial charge < -0.3 is 9.73 Å². The van der Waals surface area contributed by atoms with E-state index in [0.717, 1.165) is 19.5 Å². The summed E-state index contributed by atoms with van der Waals surface area (Å²) >= 11 is 0. The molecule has 0 fully saturated rings. The molecule has 0 spiro atoms. The van der Waals surface area contributed by atoms with Gasteiger partial charge in [0, 0.05) is 19.0 Å². The molecule has 0 aliphatic heterocycles. The van der Waals surface area contributed by atoms with Crippen molar-refractivity contribution in [1.82, 2.24) is 10.3 Å². The zero-order valence-electron chi connectivity index (χ0n) is 8.59. The lowest BCUT2D eigenvalue weighted by Crippen LogP contribution is -2.16. The molecular weight excluding hydrogens is 195 g/mol. The zero-order chi connectivity index (χ0) is 10.7. The van der Waals surface area contributed by atoms with E-state index in [1.54, 1.807) is 6.07 Å². The van der Waals surface area contributed by atoms with Gasteiger partial charge in [-0.15, -0.1) is 0 Å². The Hall–Kier alpha value is -1.42. The lowest BCUT2D eigenvalue weighted by Gasteiger charge is -1.95. The van der Waals surface area contributed by atoms with Crippen LogP contribution in [0, 0.1) is 5.82 Å². The summed E-state index contributed by atoms with van der Waals surface area (Å²) < 4.78 is 18.3. The number of nitrogens with zero attached hydrogens (tertiary/aromatic N) is 1. The van der Waals surface area contributed by atoms with Crippen LogP contribution in [0.25, 0.3) is 11.1 Å². The van der Waals surface area contributed by atoms with Crippen molar-refractivity contribution in [3.63, 3.8) is 0 Å². The number of aromatic nitrogens is 1. The molecule has 15 heavy (non-hydrogen) atoms. The number of hydrogen-bond donors (Lipinski definition) is 1. The van der Waals surface area contributed by atoms with Crippen LogP contribution in [0.15, 0.2) is 22.6 Å². The van der Waals surface area contributed by atoms with E-state index in [2.05, 4.69) is 10.3 Å². The number of hydrogen-bond acceptors (Lipinski definition) is 3. The summed E-state index contributed by atoms with van der Waals surface area (Å²) in [6.07, 6.45) is 0.726. The molecule has 0 saturated heterocycles. The Morgan fingerprint density at radius 1 is 1.47 bits per heavy atom. The number of fused-ring (bicyclic) bond motifs is 1. The summed E-state index contributed by atoms with van der Waals surface area (Å²) in [5, 5.41) is 3.18. The van der Waals surface area contributed by atoms with Gasteiger partial charge in [-0.3, -0.25) is 0 Å². The van der Waals surface area contributed by atoms with Crippen molar-refractivity contribution >= 4 is 11.1 Å². The van der Waals surface area contributed by atoms with Crippen LogP contribution in [0.2, 0.25) is 0 Å². The van der Waals surface area contributed by atoms with Crippen molar-refractivity contribution in [1.29, 1.82) is 0 Å². The van der Waals surface area contributed by atoms with Gasteiger partial charge in [-0.1, -0.05) is 6.92 Å². The maximum Gasteiger partial charge on any atom is 0.196 e. The minimum atomic E-state index is -0.295. The maximum absolute atomic E-state index is 12.9. The molecule has 1 aromatic carbocycles. The molecule has 80 valence electrons. The van der Waals surface area contributed by atoms with Crippen LogP contribution in [0.3, 0.4) is 0 Å². The Balaban J connectivity index is 2.16. The first-order valence-corrected chi connectivity index (χ1v) is 5.05. The van der Waals surface area contributed by atoms with Crippen molar-refractivity contribution in [2.75, 3.05) is 13.1 Å². The quantitative estimate of drug-likeness (QED) is 0.782. The molecule has 0 aliphatic carbocycles. The number of likely N-dealkylation sites (N-methyl/N-ethyl adjacent to an activating group) is 1. The molecule has 2 aromatic rings. The molecule has 1 aromatic heterocycles. The van der Waals surface area contributed by atoms with Gasteiger partial charge in [-0.05, 0) is 18.7 Å². The highest BCUT2D eigenvalue weighted by Crippen LogP contribution is 2.16. The van der Waals surface area contributed by atoms with Gasteiger partial charge in [0.2, 0.25) is 0 Å². The highest BCUT2D eigenvalue weighted by molar-refractivity contribution is 5.72. The summed E-state index contributed by atoms with van der Waals surface area (Å²) in [7, 11) is 0. The first-order valence-electron chi connectivity index (χ1n) is 5.05. The van der Waals surface area contributed by atoms with Crippen LogP contribution in [0.4, 0.5) is 4.39 Å². The van der Waals surface area contributed by atoms with Gasteiger partial charge in [-0.2, -0.15) is 0 Å². The molecular formula is C11H13FN2O. The van der Waals surface area contributed by atoms with Crippen molar-refractivity contribution in [2.45, 2.75) is 13.3 Å². The normalized spacial score (nSPS) is 11.1. The van der Waals surface area contributed by atoms with Crippen molar-refractivity contribution in [3.8, 4) is 0 Å². The summed E-state index contributed by atoms with van der Waals surface area (Å²) in [4.78, 5) is 4.25. The Morgan fingerprint density at radius 2 is 2.33 bits per heavy atom. The van der Waals surface area contributed by atoms with Crippen molar-refractivity contribution < 1.29 is 8.81 Å². The molecule has 2 rings (SSSR count). The fourth-order valence-electron chi connectivity index (χ4n) is 1.43. The zero-order valence-corrected chi connectivity index (χ0v) is 8.59. The smallest absolute Gasteiger partial charge is 0.196 e. The molecule has 1 heterocycles. The summed E-state index contributed by atoms with van der Waals surface area (Å²) in [5.41, 5.74) is 1.23. The Kier molecular flexibility index (Phi) is 2.97. The fraction of sp³-hybridized carbons (Fsp3) is 0.364. The summed E-state index contributed by atoms with van der Waals surface area (Å²) in [6, 6.07) is 4.38. The second-order valence-corrected chi connectivity index (χ2v) is 3.32. The average Bonchev–Trinajstić information content (AvgIpc) is 2.60. The number of rotatable bonds is 4. The highest BCUT2D eigenvalue weighted by Gasteiger charge is 2.05. The van der Waals surface area contributed by atoms with Crippen LogP contribution < -0.4 is 5.32 Å². The molecule has 0 amide bonds. The lowest BCUT2D eigenvalue weighted by atomic mass is 10.3. The van der Waals surface area contributed by atoms with Crippen LogP contribution in [0.1, 0.15) is 12.8 Å². The molecule has 0 radical (unpaired) electrons. The van der Waals surface area contributed by atoms with Gasteiger partial charge in [0.05, 0.1) is 0 Å². The minimum absolute atomic E-state index is 0.295. The number of halogens is 1. The van der Waals surface area contributed by atoms with Gasteiger partial charge in [-0.25, -0.2) is 9.37 Å². The second kappa shape index (κ2) is 4.40. The van der Waals surface area contributed by atoms with E-state index in [1.807, 2.05) is 6.92 Å². The highest BCUT2D eigenvalue weighted by atomic mass is 19.1. The molecule has 1 N–H and O–H groups in total. The second-order valence-electron chi connectivity index (χ2n) is 3.32. The molecule has 0 atom stereocenters. The third kappa shape index (κ3) is 2.33. The monoisotopic (exact) mass is 208 g/mol. The number of oxazole rings is 1. The van der Waals surface area contributed by atoms with E-state index >= 15 is 0 Å². The molecule has 3 nitrogen and oxygen atoms in total. The Morgan fingerprint density at radius 3 is 3.13 bits per heavy atom. The van der Waals surface area contributed by atoms with Crippen molar-refractivity contribution in [3.05, 3.63) is 29.9 Å². The topological polar surface area (TPSA) is 38.1 Å². The molecule has 0 bridgehead atoms. The summed E-state index contributed by atoms with van der Waals surface area (Å²) in [5.74, 6) is 0.355. The Bertz CT molecular complexity index is 453. The molecule has 0 aliphatic rings.